The lowest BCUT2D eigenvalue weighted by Crippen LogP contribution is -2.41. The molecule has 0 aliphatic carbocycles. The number of carbonyl (C=O) groups excluding carboxylic acids is 1. The quantitative estimate of drug-likeness (QED) is 0.739. The maximum atomic E-state index is 12.6. The smallest absolute Gasteiger partial charge is 0.226 e. The highest BCUT2D eigenvalue weighted by Crippen LogP contribution is 2.22. The molecule has 1 heterocycles. The van der Waals surface area contributed by atoms with Gasteiger partial charge < -0.3 is 4.90 Å². The number of rotatable bonds is 6. The molecule has 150 valence electrons. The van der Waals surface area contributed by atoms with E-state index in [2.05, 4.69) is 24.3 Å². The zero-order valence-electron chi connectivity index (χ0n) is 16.7. The minimum absolute atomic E-state index is 0.123. The molecule has 1 fully saturated rings. The maximum Gasteiger partial charge on any atom is 0.226 e. The van der Waals surface area contributed by atoms with Crippen molar-refractivity contribution in [2.24, 2.45) is 5.92 Å². The molecule has 2 aromatic carbocycles. The number of likely N-dealkylation sites (tertiary alicyclic amines) is 1. The Kier molecular flexibility index (Phi) is 6.55. The third-order valence-corrected chi connectivity index (χ3v) is 7.94. The van der Waals surface area contributed by atoms with Crippen LogP contribution in [0.2, 0.25) is 0 Å². The molecule has 0 unspecified atom stereocenters. The summed E-state index contributed by atoms with van der Waals surface area (Å²) in [4.78, 5) is 14.5. The fourth-order valence-electron chi connectivity index (χ4n) is 3.60. The SMILES string of the molecule is CC(C)S(=O)(=O)CC1CCN(C(=O)Cc2ccc(-c3ccccc3)cc2)CC1. The van der Waals surface area contributed by atoms with Gasteiger partial charge in [-0.2, -0.15) is 0 Å². The lowest BCUT2D eigenvalue weighted by Gasteiger charge is -2.32. The zero-order valence-corrected chi connectivity index (χ0v) is 17.5. The van der Waals surface area contributed by atoms with Crippen LogP contribution in [-0.4, -0.2) is 43.3 Å². The van der Waals surface area contributed by atoms with E-state index in [0.717, 1.165) is 24.0 Å². The Morgan fingerprint density at radius 3 is 2.11 bits per heavy atom. The van der Waals surface area contributed by atoms with E-state index in [1.165, 1.54) is 5.56 Å². The molecule has 0 radical (unpaired) electrons. The largest absolute Gasteiger partial charge is 0.342 e. The molecule has 28 heavy (non-hydrogen) atoms. The minimum atomic E-state index is -3.01. The molecular formula is C23H29NO3S. The number of amides is 1. The molecule has 1 aliphatic rings. The molecule has 4 nitrogen and oxygen atoms in total. The van der Waals surface area contributed by atoms with Crippen molar-refractivity contribution in [2.45, 2.75) is 38.4 Å². The third-order valence-electron chi connectivity index (χ3n) is 5.57. The van der Waals surface area contributed by atoms with Crippen molar-refractivity contribution in [1.82, 2.24) is 4.90 Å². The monoisotopic (exact) mass is 399 g/mol. The first-order chi connectivity index (χ1) is 13.3. The van der Waals surface area contributed by atoms with E-state index in [4.69, 9.17) is 0 Å². The number of carbonyl (C=O) groups is 1. The van der Waals surface area contributed by atoms with Crippen LogP contribution in [-0.2, 0) is 21.1 Å². The fourth-order valence-corrected chi connectivity index (χ4v) is 4.98. The molecule has 1 amide bonds. The zero-order chi connectivity index (χ0) is 20.1. The summed E-state index contributed by atoms with van der Waals surface area (Å²) >= 11 is 0. The van der Waals surface area contributed by atoms with Crippen molar-refractivity contribution >= 4 is 15.7 Å². The van der Waals surface area contributed by atoms with Crippen molar-refractivity contribution in [3.8, 4) is 11.1 Å². The Bertz CT molecular complexity index is 881. The molecule has 0 bridgehead atoms. The third kappa shape index (κ3) is 5.22. The number of hydrogen-bond acceptors (Lipinski definition) is 3. The normalized spacial score (nSPS) is 15.8. The molecule has 0 atom stereocenters. The summed E-state index contributed by atoms with van der Waals surface area (Å²) < 4.78 is 24.2. The fraction of sp³-hybridized carbons (Fsp3) is 0.435. The van der Waals surface area contributed by atoms with E-state index in [-0.39, 0.29) is 22.8 Å². The van der Waals surface area contributed by atoms with E-state index in [1.54, 1.807) is 13.8 Å². The maximum absolute atomic E-state index is 12.6. The van der Waals surface area contributed by atoms with Gasteiger partial charge in [0.2, 0.25) is 5.91 Å². The van der Waals surface area contributed by atoms with Crippen LogP contribution in [0.5, 0.6) is 0 Å². The van der Waals surface area contributed by atoms with Crippen molar-refractivity contribution in [1.29, 1.82) is 0 Å². The van der Waals surface area contributed by atoms with Gasteiger partial charge in [-0.1, -0.05) is 54.6 Å². The topological polar surface area (TPSA) is 54.5 Å². The lowest BCUT2D eigenvalue weighted by atomic mass is 9.98. The van der Waals surface area contributed by atoms with Crippen molar-refractivity contribution < 1.29 is 13.2 Å². The predicted octanol–water partition coefficient (Wildman–Crippen LogP) is 3.96. The highest BCUT2D eigenvalue weighted by atomic mass is 32.2. The second-order valence-electron chi connectivity index (χ2n) is 7.94. The average Bonchev–Trinajstić information content (AvgIpc) is 2.69. The van der Waals surface area contributed by atoms with Gasteiger partial charge in [-0.15, -0.1) is 0 Å². The number of benzene rings is 2. The Morgan fingerprint density at radius 1 is 0.964 bits per heavy atom. The second kappa shape index (κ2) is 8.91. The first kappa shape index (κ1) is 20.6. The van der Waals surface area contributed by atoms with Crippen molar-refractivity contribution in [3.05, 3.63) is 60.2 Å². The Morgan fingerprint density at radius 2 is 1.54 bits per heavy atom. The van der Waals surface area contributed by atoms with Gasteiger partial charge in [-0.25, -0.2) is 8.42 Å². The van der Waals surface area contributed by atoms with Gasteiger partial charge in [0.05, 0.1) is 17.4 Å². The van der Waals surface area contributed by atoms with Gasteiger partial charge in [0.15, 0.2) is 9.84 Å². The van der Waals surface area contributed by atoms with Crippen LogP contribution < -0.4 is 0 Å². The highest BCUT2D eigenvalue weighted by Gasteiger charge is 2.27. The second-order valence-corrected chi connectivity index (χ2v) is 10.5. The van der Waals surface area contributed by atoms with Crippen LogP contribution in [0.3, 0.4) is 0 Å². The van der Waals surface area contributed by atoms with E-state index in [0.29, 0.717) is 19.5 Å². The summed E-state index contributed by atoms with van der Waals surface area (Å²) in [6.45, 7) is 4.77. The summed E-state index contributed by atoms with van der Waals surface area (Å²) in [6.07, 6.45) is 1.93. The molecular weight excluding hydrogens is 370 g/mol. The van der Waals surface area contributed by atoms with Crippen molar-refractivity contribution in [2.75, 3.05) is 18.8 Å². The van der Waals surface area contributed by atoms with Crippen LogP contribution in [0.4, 0.5) is 0 Å². The molecule has 2 aromatic rings. The highest BCUT2D eigenvalue weighted by molar-refractivity contribution is 7.91. The van der Waals surface area contributed by atoms with Gasteiger partial charge >= 0.3 is 0 Å². The van der Waals surface area contributed by atoms with Crippen molar-refractivity contribution in [3.63, 3.8) is 0 Å². The van der Waals surface area contributed by atoms with Crippen LogP contribution in [0.25, 0.3) is 11.1 Å². The van der Waals surface area contributed by atoms with E-state index >= 15 is 0 Å². The minimum Gasteiger partial charge on any atom is -0.342 e. The molecule has 0 spiro atoms. The van der Waals surface area contributed by atoms with Gasteiger partial charge in [0.1, 0.15) is 0 Å². The first-order valence-corrected chi connectivity index (χ1v) is 11.7. The summed E-state index contributed by atoms with van der Waals surface area (Å²) in [5.41, 5.74) is 3.32. The molecule has 0 N–H and O–H groups in total. The van der Waals surface area contributed by atoms with Gasteiger partial charge in [-0.3, -0.25) is 4.79 Å². The van der Waals surface area contributed by atoms with Gasteiger partial charge in [-0.05, 0) is 49.3 Å². The summed E-state index contributed by atoms with van der Waals surface area (Å²) in [6, 6.07) is 18.3. The Hall–Kier alpha value is -2.14. The first-order valence-electron chi connectivity index (χ1n) is 9.99. The molecule has 0 saturated carbocycles. The predicted molar refractivity (Wildman–Crippen MR) is 114 cm³/mol. The standard InChI is InChI=1S/C23H29NO3S/c1-18(2)28(26,27)17-20-12-14-24(15-13-20)23(25)16-19-8-10-22(11-9-19)21-6-4-3-5-7-21/h3-11,18,20H,12-17H2,1-2H3. The van der Waals surface area contributed by atoms with E-state index in [1.807, 2.05) is 35.2 Å². The van der Waals surface area contributed by atoms with Crippen LogP contribution >= 0.6 is 0 Å². The summed E-state index contributed by atoms with van der Waals surface area (Å²) in [5, 5.41) is -0.328. The Labute approximate surface area is 168 Å². The van der Waals surface area contributed by atoms with Gasteiger partial charge in [0, 0.05) is 13.1 Å². The van der Waals surface area contributed by atoms with E-state index < -0.39 is 9.84 Å². The number of hydrogen-bond donors (Lipinski definition) is 0. The van der Waals surface area contributed by atoms with Crippen LogP contribution in [0.1, 0.15) is 32.3 Å². The molecule has 1 aliphatic heterocycles. The lowest BCUT2D eigenvalue weighted by molar-refractivity contribution is -0.131. The summed E-state index contributed by atoms with van der Waals surface area (Å²) in [7, 11) is -3.01. The number of nitrogens with zero attached hydrogens (tertiary/aromatic N) is 1. The number of sulfone groups is 1. The van der Waals surface area contributed by atoms with Crippen LogP contribution in [0.15, 0.2) is 54.6 Å². The number of piperidine rings is 1. The average molecular weight is 400 g/mol. The van der Waals surface area contributed by atoms with E-state index in [9.17, 15) is 13.2 Å². The molecule has 1 saturated heterocycles. The Balaban J connectivity index is 1.52. The van der Waals surface area contributed by atoms with Crippen LogP contribution in [0, 0.1) is 5.92 Å². The summed E-state index contributed by atoms with van der Waals surface area (Å²) in [5.74, 6) is 0.535. The van der Waals surface area contributed by atoms with Gasteiger partial charge in [0.25, 0.3) is 0 Å². The molecule has 5 heteroatoms. The molecule has 3 rings (SSSR count). The molecule has 0 aromatic heterocycles.